The third kappa shape index (κ3) is 10.5. The number of urea groups is 1. The quantitative estimate of drug-likeness (QED) is 0.136. The first kappa shape index (κ1) is 38.3. The van der Waals surface area contributed by atoms with Crippen LogP contribution in [0, 0.1) is 0 Å². The van der Waals surface area contributed by atoms with Gasteiger partial charge in [0.1, 0.15) is 6.04 Å². The number of aryl methyl sites for hydroxylation is 1. The topological polar surface area (TPSA) is 163 Å². The third-order valence-corrected chi connectivity index (χ3v) is 8.39. The first-order valence-corrected chi connectivity index (χ1v) is 16.4. The van der Waals surface area contributed by atoms with Crippen molar-refractivity contribution in [2.24, 2.45) is 0 Å². The maximum atomic E-state index is 14.0. The highest BCUT2D eigenvalue weighted by atomic mass is 19.4. The van der Waals surface area contributed by atoms with Gasteiger partial charge in [0.15, 0.2) is 0 Å². The van der Waals surface area contributed by atoms with Crippen LogP contribution in [-0.2, 0) is 35.3 Å². The average Bonchev–Trinajstić information content (AvgIpc) is 3.20. The Hall–Kier alpha value is -4.50. The van der Waals surface area contributed by atoms with Gasteiger partial charge in [-0.2, -0.15) is 13.2 Å². The van der Waals surface area contributed by atoms with Crippen LogP contribution in [0.2, 0.25) is 0 Å². The van der Waals surface area contributed by atoms with Crippen molar-refractivity contribution in [3.63, 3.8) is 0 Å². The number of alkyl halides is 3. The number of amides is 4. The van der Waals surface area contributed by atoms with Crippen LogP contribution < -0.4 is 26.2 Å². The van der Waals surface area contributed by atoms with Gasteiger partial charge in [-0.05, 0) is 72.7 Å². The van der Waals surface area contributed by atoms with Crippen molar-refractivity contribution in [1.82, 2.24) is 21.3 Å². The molecule has 0 unspecified atom stereocenters. The van der Waals surface area contributed by atoms with E-state index in [-0.39, 0.29) is 52.0 Å². The molecule has 270 valence electrons. The van der Waals surface area contributed by atoms with Crippen molar-refractivity contribution < 1.29 is 42.9 Å². The maximum Gasteiger partial charge on any atom is 0.416 e. The predicted molar refractivity (Wildman–Crippen MR) is 182 cm³/mol. The molecule has 4 amide bonds. The molecule has 0 spiro atoms. The fraction of sp³-hybridized carbons (Fsp3) is 0.417. The van der Waals surface area contributed by atoms with Gasteiger partial charge in [0, 0.05) is 37.3 Å². The SMILES string of the molecule is CC(C)(CC(=O)N[C@@H]1CCc2cc(C(F)(F)F)ccc2N(Cc2ccc(-c3ccccc3CNC(=O)NCCO)cc2)C1=O)NC[C@H](O)CO. The van der Waals surface area contributed by atoms with E-state index in [1.165, 1.54) is 11.0 Å². The van der Waals surface area contributed by atoms with E-state index in [2.05, 4.69) is 21.3 Å². The zero-order chi connectivity index (χ0) is 36.5. The summed E-state index contributed by atoms with van der Waals surface area (Å²) in [5.74, 6) is -0.914. The second kappa shape index (κ2) is 16.9. The minimum atomic E-state index is -4.57. The second-order valence-electron chi connectivity index (χ2n) is 12.9. The normalized spacial score (nSPS) is 15.6. The standard InChI is InChI=1S/C36H44F3N5O6/c1-35(2,42-20-28(47)22-46)18-32(48)43-30-13-11-25-17-27(36(37,38)39)12-14-31(25)44(33(30)49)21-23-7-9-24(10-8-23)29-6-4-3-5-26(29)19-41-34(50)40-15-16-45/h3-10,12,14,17,28,30,42,45-47H,11,13,15-16,18-22H2,1-2H3,(H,43,48)(H2,40,41,50)/t28-,30+/m0/s1. The smallest absolute Gasteiger partial charge is 0.395 e. The number of halogens is 3. The molecule has 2 atom stereocenters. The van der Waals surface area contributed by atoms with Crippen LogP contribution >= 0.6 is 0 Å². The van der Waals surface area contributed by atoms with Gasteiger partial charge in [-0.25, -0.2) is 4.79 Å². The van der Waals surface area contributed by atoms with E-state index in [9.17, 15) is 32.7 Å². The molecule has 7 N–H and O–H groups in total. The first-order valence-electron chi connectivity index (χ1n) is 16.4. The van der Waals surface area contributed by atoms with Crippen LogP contribution in [0.15, 0.2) is 66.7 Å². The highest BCUT2D eigenvalue weighted by Gasteiger charge is 2.36. The van der Waals surface area contributed by atoms with Crippen LogP contribution in [0.25, 0.3) is 11.1 Å². The summed E-state index contributed by atoms with van der Waals surface area (Å²) in [6, 6.07) is 16.7. The highest BCUT2D eigenvalue weighted by Crippen LogP contribution is 2.36. The summed E-state index contributed by atoms with van der Waals surface area (Å²) in [4.78, 5) is 40.6. The van der Waals surface area contributed by atoms with Crippen molar-refractivity contribution in [3.8, 4) is 11.1 Å². The highest BCUT2D eigenvalue weighted by molar-refractivity contribution is 6.00. The lowest BCUT2D eigenvalue weighted by atomic mass is 9.98. The van der Waals surface area contributed by atoms with Crippen LogP contribution in [0.3, 0.4) is 0 Å². The summed E-state index contributed by atoms with van der Waals surface area (Å²) in [6.45, 7) is 3.30. The van der Waals surface area contributed by atoms with Crippen LogP contribution in [0.4, 0.5) is 23.7 Å². The second-order valence-corrected chi connectivity index (χ2v) is 12.9. The number of nitrogens with one attached hydrogen (secondary N) is 4. The molecule has 1 heterocycles. The van der Waals surface area contributed by atoms with E-state index in [0.29, 0.717) is 16.8 Å². The Labute approximate surface area is 288 Å². The van der Waals surface area contributed by atoms with E-state index >= 15 is 0 Å². The Morgan fingerprint density at radius 2 is 1.72 bits per heavy atom. The summed E-state index contributed by atoms with van der Waals surface area (Å²) in [7, 11) is 0. The van der Waals surface area contributed by atoms with Gasteiger partial charge >= 0.3 is 12.2 Å². The number of hydrogen-bond donors (Lipinski definition) is 7. The molecular weight excluding hydrogens is 655 g/mol. The molecule has 3 aromatic carbocycles. The number of carbonyl (C=O) groups excluding carboxylic acids is 3. The molecule has 4 rings (SSSR count). The summed E-state index contributed by atoms with van der Waals surface area (Å²) in [5, 5.41) is 38.8. The number of β-amino-alcohol motifs (C(OH)–C–C–N with tert-alkyl or cyclic N) is 1. The minimum absolute atomic E-state index is 0.0319. The molecule has 14 heteroatoms. The Balaban J connectivity index is 1.56. The van der Waals surface area contributed by atoms with Crippen LogP contribution in [-0.4, -0.2) is 77.2 Å². The molecule has 3 aromatic rings. The average molecular weight is 700 g/mol. The van der Waals surface area contributed by atoms with E-state index in [1.54, 1.807) is 13.8 Å². The van der Waals surface area contributed by atoms with Gasteiger partial charge in [-0.3, -0.25) is 9.59 Å². The lowest BCUT2D eigenvalue weighted by molar-refractivity contribution is -0.137. The van der Waals surface area contributed by atoms with Crippen LogP contribution in [0.5, 0.6) is 0 Å². The van der Waals surface area contributed by atoms with Crippen molar-refractivity contribution in [2.75, 3.05) is 31.2 Å². The van der Waals surface area contributed by atoms with Crippen molar-refractivity contribution in [1.29, 1.82) is 0 Å². The molecule has 1 aliphatic rings. The number of fused-ring (bicyclic) bond motifs is 1. The predicted octanol–water partition coefficient (Wildman–Crippen LogP) is 3.24. The minimum Gasteiger partial charge on any atom is -0.395 e. The van der Waals surface area contributed by atoms with Gasteiger partial charge in [-0.1, -0.05) is 48.5 Å². The van der Waals surface area contributed by atoms with E-state index < -0.39 is 53.9 Å². The van der Waals surface area contributed by atoms with E-state index in [4.69, 9.17) is 10.2 Å². The molecule has 0 saturated heterocycles. The molecule has 0 bridgehead atoms. The van der Waals surface area contributed by atoms with Gasteiger partial charge in [-0.15, -0.1) is 0 Å². The number of carbonyl (C=O) groups is 3. The summed E-state index contributed by atoms with van der Waals surface area (Å²) < 4.78 is 41.0. The van der Waals surface area contributed by atoms with Gasteiger partial charge < -0.3 is 41.5 Å². The van der Waals surface area contributed by atoms with Gasteiger partial charge in [0.25, 0.3) is 0 Å². The van der Waals surface area contributed by atoms with Gasteiger partial charge in [0.2, 0.25) is 11.8 Å². The molecule has 1 aliphatic heterocycles. The molecule has 0 fully saturated rings. The number of rotatable bonds is 14. The molecule has 0 aromatic heterocycles. The number of anilines is 1. The summed E-state index contributed by atoms with van der Waals surface area (Å²) in [5.41, 5.74) is 2.31. The van der Waals surface area contributed by atoms with E-state index in [1.807, 2.05) is 48.5 Å². The Morgan fingerprint density at radius 3 is 2.40 bits per heavy atom. The molecule has 0 radical (unpaired) electrons. The summed E-state index contributed by atoms with van der Waals surface area (Å²) in [6.07, 6.45) is -5.43. The maximum absolute atomic E-state index is 14.0. The Morgan fingerprint density at radius 1 is 1.00 bits per heavy atom. The largest absolute Gasteiger partial charge is 0.416 e. The number of benzene rings is 3. The Bertz CT molecular complexity index is 1630. The first-order chi connectivity index (χ1) is 23.7. The fourth-order valence-corrected chi connectivity index (χ4v) is 5.76. The lowest BCUT2D eigenvalue weighted by Gasteiger charge is -2.29. The van der Waals surface area contributed by atoms with Crippen LogP contribution in [0.1, 0.15) is 48.9 Å². The fourth-order valence-electron chi connectivity index (χ4n) is 5.76. The van der Waals surface area contributed by atoms with Crippen molar-refractivity contribution in [2.45, 2.75) is 70.1 Å². The molecule has 0 aliphatic carbocycles. The number of aliphatic hydroxyl groups is 3. The molecular formula is C36H44F3N5O6. The number of hydrogen-bond acceptors (Lipinski definition) is 7. The van der Waals surface area contributed by atoms with E-state index in [0.717, 1.165) is 28.8 Å². The summed E-state index contributed by atoms with van der Waals surface area (Å²) >= 11 is 0. The van der Waals surface area contributed by atoms with Crippen molar-refractivity contribution in [3.05, 3.63) is 89.0 Å². The monoisotopic (exact) mass is 699 g/mol. The zero-order valence-electron chi connectivity index (χ0n) is 28.0. The lowest BCUT2D eigenvalue weighted by Crippen LogP contribution is -2.51. The number of nitrogens with zero attached hydrogens (tertiary/aromatic N) is 1. The van der Waals surface area contributed by atoms with Gasteiger partial charge in [0.05, 0.1) is 31.4 Å². The third-order valence-electron chi connectivity index (χ3n) is 8.39. The van der Waals surface area contributed by atoms with Crippen molar-refractivity contribution >= 4 is 23.5 Å². The number of aliphatic hydroxyl groups excluding tert-OH is 3. The Kier molecular flexibility index (Phi) is 13.0. The molecule has 0 saturated carbocycles. The molecule has 11 nitrogen and oxygen atoms in total. The zero-order valence-corrected chi connectivity index (χ0v) is 28.0. The molecule has 50 heavy (non-hydrogen) atoms.